The molecule has 0 radical (unpaired) electrons. The van der Waals surface area contributed by atoms with Gasteiger partial charge in [-0.1, -0.05) is 34.1 Å². The second-order valence-corrected chi connectivity index (χ2v) is 5.71. The fraction of sp³-hybridized carbons (Fsp3) is 0.250. The number of ether oxygens (including phenoxy) is 1. The molecule has 0 saturated carbocycles. The maximum absolute atomic E-state index is 13.0. The van der Waals surface area contributed by atoms with Gasteiger partial charge < -0.3 is 10.5 Å². The molecule has 2 N–H and O–H groups in total. The summed E-state index contributed by atoms with van der Waals surface area (Å²) in [6.07, 6.45) is 0.817. The first kappa shape index (κ1) is 15.0. The quantitative estimate of drug-likeness (QED) is 0.892. The fourth-order valence-corrected chi connectivity index (χ4v) is 2.40. The van der Waals surface area contributed by atoms with Crippen molar-refractivity contribution in [3.8, 4) is 5.75 Å². The number of nitrogens with two attached hydrogens (primary N) is 1. The largest absolute Gasteiger partial charge is 0.489 e. The summed E-state index contributed by atoms with van der Waals surface area (Å²) >= 11 is 3.33. The molecule has 2 rings (SSSR count). The van der Waals surface area contributed by atoms with E-state index in [2.05, 4.69) is 15.9 Å². The van der Waals surface area contributed by atoms with Crippen molar-refractivity contribution < 1.29 is 9.13 Å². The van der Waals surface area contributed by atoms with E-state index < -0.39 is 0 Å². The molecule has 1 unspecified atom stereocenters. The Kier molecular flexibility index (Phi) is 5.15. The lowest BCUT2D eigenvalue weighted by Gasteiger charge is -2.10. The number of rotatable bonds is 5. The molecule has 2 aromatic rings. The lowest BCUT2D eigenvalue weighted by Crippen LogP contribution is -2.17. The Balaban J connectivity index is 2.03. The van der Waals surface area contributed by atoms with Crippen molar-refractivity contribution in [1.29, 1.82) is 0 Å². The highest BCUT2D eigenvalue weighted by Crippen LogP contribution is 2.21. The summed E-state index contributed by atoms with van der Waals surface area (Å²) in [6, 6.07) is 12.6. The van der Waals surface area contributed by atoms with Gasteiger partial charge in [0.15, 0.2) is 0 Å². The van der Waals surface area contributed by atoms with Gasteiger partial charge in [0.05, 0.1) is 0 Å². The molecule has 2 aromatic carbocycles. The minimum Gasteiger partial charge on any atom is -0.489 e. The Morgan fingerprint density at radius 2 is 2.05 bits per heavy atom. The van der Waals surface area contributed by atoms with Crippen LogP contribution in [0, 0.1) is 5.82 Å². The minimum absolute atomic E-state index is 0.122. The van der Waals surface area contributed by atoms with Crippen LogP contribution in [0.1, 0.15) is 18.1 Å². The van der Waals surface area contributed by atoms with Crippen molar-refractivity contribution in [1.82, 2.24) is 0 Å². The van der Waals surface area contributed by atoms with Crippen molar-refractivity contribution >= 4 is 15.9 Å². The predicted molar refractivity (Wildman–Crippen MR) is 82.2 cm³/mol. The third-order valence-corrected chi connectivity index (χ3v) is 3.60. The van der Waals surface area contributed by atoms with Crippen LogP contribution in [0.2, 0.25) is 0 Å². The van der Waals surface area contributed by atoms with Crippen LogP contribution >= 0.6 is 15.9 Å². The molecular formula is C16H17BrFNO. The summed E-state index contributed by atoms with van der Waals surface area (Å²) in [5.41, 5.74) is 7.85. The molecular weight excluding hydrogens is 321 g/mol. The van der Waals surface area contributed by atoms with Gasteiger partial charge in [-0.3, -0.25) is 0 Å². The number of hydrogen-bond acceptors (Lipinski definition) is 2. The van der Waals surface area contributed by atoms with E-state index in [0.717, 1.165) is 23.3 Å². The number of halogens is 2. The van der Waals surface area contributed by atoms with Crippen LogP contribution in [0.3, 0.4) is 0 Å². The summed E-state index contributed by atoms with van der Waals surface area (Å²) in [7, 11) is 0. The molecule has 2 nitrogen and oxygen atoms in total. The van der Waals surface area contributed by atoms with Crippen molar-refractivity contribution in [3.63, 3.8) is 0 Å². The van der Waals surface area contributed by atoms with E-state index in [9.17, 15) is 4.39 Å². The summed E-state index contributed by atoms with van der Waals surface area (Å²) in [6.45, 7) is 2.37. The molecule has 0 aliphatic carbocycles. The number of hydrogen-bond donors (Lipinski definition) is 1. The van der Waals surface area contributed by atoms with Gasteiger partial charge in [-0.15, -0.1) is 0 Å². The van der Waals surface area contributed by atoms with E-state index in [1.807, 2.05) is 31.2 Å². The second kappa shape index (κ2) is 6.86. The van der Waals surface area contributed by atoms with Gasteiger partial charge in [-0.2, -0.15) is 0 Å². The van der Waals surface area contributed by atoms with Crippen LogP contribution in [0.5, 0.6) is 5.75 Å². The lowest BCUT2D eigenvalue weighted by molar-refractivity contribution is 0.305. The molecule has 0 aliphatic heterocycles. The summed E-state index contributed by atoms with van der Waals surface area (Å²) in [5, 5.41) is 0. The highest BCUT2D eigenvalue weighted by atomic mass is 79.9. The van der Waals surface area contributed by atoms with Gasteiger partial charge in [-0.25, -0.2) is 4.39 Å². The Morgan fingerprint density at radius 3 is 2.75 bits per heavy atom. The fourth-order valence-electron chi connectivity index (χ4n) is 1.93. The second-order valence-electron chi connectivity index (χ2n) is 4.85. The monoisotopic (exact) mass is 337 g/mol. The zero-order chi connectivity index (χ0) is 14.5. The lowest BCUT2D eigenvalue weighted by atomic mass is 10.1. The van der Waals surface area contributed by atoms with Gasteiger partial charge in [0, 0.05) is 16.1 Å². The van der Waals surface area contributed by atoms with E-state index >= 15 is 0 Å². The van der Waals surface area contributed by atoms with Crippen LogP contribution < -0.4 is 10.5 Å². The van der Waals surface area contributed by atoms with Gasteiger partial charge in [0.2, 0.25) is 0 Å². The van der Waals surface area contributed by atoms with E-state index in [-0.39, 0.29) is 11.9 Å². The van der Waals surface area contributed by atoms with E-state index in [0.29, 0.717) is 11.1 Å². The van der Waals surface area contributed by atoms with Crippen LogP contribution in [0.25, 0.3) is 0 Å². The van der Waals surface area contributed by atoms with E-state index in [1.54, 1.807) is 6.07 Å². The van der Waals surface area contributed by atoms with Crippen molar-refractivity contribution in [2.45, 2.75) is 26.0 Å². The molecule has 106 valence electrons. The maximum atomic E-state index is 13.0. The van der Waals surface area contributed by atoms with Crippen molar-refractivity contribution in [3.05, 3.63) is 63.9 Å². The summed E-state index contributed by atoms with van der Waals surface area (Å²) in [4.78, 5) is 0. The highest BCUT2D eigenvalue weighted by Gasteiger charge is 2.04. The Morgan fingerprint density at radius 1 is 1.25 bits per heavy atom. The molecule has 20 heavy (non-hydrogen) atoms. The van der Waals surface area contributed by atoms with Crippen molar-refractivity contribution in [2.75, 3.05) is 0 Å². The van der Waals surface area contributed by atoms with Crippen LogP contribution in [0.4, 0.5) is 4.39 Å². The first-order valence-electron chi connectivity index (χ1n) is 6.46. The molecule has 0 amide bonds. The topological polar surface area (TPSA) is 35.2 Å². The Bertz CT molecular complexity index is 586. The average molecular weight is 338 g/mol. The molecule has 1 atom stereocenters. The smallest absolute Gasteiger partial charge is 0.124 e. The van der Waals surface area contributed by atoms with E-state index in [4.69, 9.17) is 10.5 Å². The third-order valence-electron chi connectivity index (χ3n) is 2.87. The van der Waals surface area contributed by atoms with Gasteiger partial charge in [0.1, 0.15) is 18.2 Å². The molecule has 0 spiro atoms. The van der Waals surface area contributed by atoms with Crippen LogP contribution in [-0.2, 0) is 13.0 Å². The third kappa shape index (κ3) is 4.32. The summed E-state index contributed by atoms with van der Waals surface area (Å²) < 4.78 is 19.5. The molecule has 0 fully saturated rings. The van der Waals surface area contributed by atoms with Crippen LogP contribution in [0.15, 0.2) is 46.9 Å². The molecule has 0 bridgehead atoms. The molecule has 0 heterocycles. The first-order chi connectivity index (χ1) is 9.54. The standard InChI is InChI=1S/C16H17BrFNO/c1-11(19)7-12-3-2-4-15(8-12)20-10-13-5-6-14(18)9-16(13)17/h2-6,8-9,11H,7,10,19H2,1H3. The Labute approximate surface area is 126 Å². The number of benzene rings is 2. The SMILES string of the molecule is CC(N)Cc1cccc(OCc2ccc(F)cc2Br)c1. The van der Waals surface area contributed by atoms with Gasteiger partial charge in [0.25, 0.3) is 0 Å². The molecule has 0 aromatic heterocycles. The summed E-state index contributed by atoms with van der Waals surface area (Å²) in [5.74, 6) is 0.527. The zero-order valence-corrected chi connectivity index (χ0v) is 12.9. The highest BCUT2D eigenvalue weighted by molar-refractivity contribution is 9.10. The van der Waals surface area contributed by atoms with Gasteiger partial charge >= 0.3 is 0 Å². The maximum Gasteiger partial charge on any atom is 0.124 e. The molecule has 0 saturated heterocycles. The predicted octanol–water partition coefficient (Wildman–Crippen LogP) is 4.06. The van der Waals surface area contributed by atoms with Crippen molar-refractivity contribution in [2.24, 2.45) is 5.73 Å². The van der Waals surface area contributed by atoms with E-state index in [1.165, 1.54) is 12.1 Å². The average Bonchev–Trinajstić information content (AvgIpc) is 2.37. The molecule has 0 aliphatic rings. The Hall–Kier alpha value is -1.39. The zero-order valence-electron chi connectivity index (χ0n) is 11.3. The normalized spacial score (nSPS) is 12.2. The first-order valence-corrected chi connectivity index (χ1v) is 7.25. The molecule has 4 heteroatoms. The van der Waals surface area contributed by atoms with Gasteiger partial charge in [-0.05, 0) is 43.2 Å². The minimum atomic E-state index is -0.264. The van der Waals surface area contributed by atoms with Crippen LogP contribution in [-0.4, -0.2) is 6.04 Å².